The number of carbonyl (C=O) groups is 1. The van der Waals surface area contributed by atoms with Gasteiger partial charge in [0.25, 0.3) is 5.91 Å². The standard InChI is InChI=1S/C25H24Cl3N3O3/c26-21-3-1-19(23(28)16-21)7-14-34-24-15-20(2-4-22(24)27)25(32)30-12-10-29(11-13-30)17-18-5-8-31(33)9-6-18/h1-6,8-9,15-16H,7,10-14,17H2. The molecule has 0 spiro atoms. The number of ether oxygens (including phenoxy) is 1. The Morgan fingerprint density at radius 3 is 2.38 bits per heavy atom. The van der Waals surface area contributed by atoms with Gasteiger partial charge >= 0.3 is 0 Å². The summed E-state index contributed by atoms with van der Waals surface area (Å²) in [6.45, 7) is 3.89. The van der Waals surface area contributed by atoms with E-state index in [0.717, 1.165) is 35.5 Å². The molecule has 9 heteroatoms. The number of piperazine rings is 1. The first-order valence-corrected chi connectivity index (χ1v) is 12.1. The predicted octanol–water partition coefficient (Wildman–Crippen LogP) is 4.86. The first kappa shape index (κ1) is 24.6. The molecule has 1 aliphatic heterocycles. The van der Waals surface area contributed by atoms with Gasteiger partial charge in [-0.1, -0.05) is 40.9 Å². The minimum absolute atomic E-state index is 0.0472. The minimum atomic E-state index is -0.0472. The molecule has 1 saturated heterocycles. The summed E-state index contributed by atoms with van der Waals surface area (Å²) in [4.78, 5) is 17.2. The summed E-state index contributed by atoms with van der Waals surface area (Å²) in [6, 6.07) is 14.1. The van der Waals surface area contributed by atoms with Crippen molar-refractivity contribution in [1.29, 1.82) is 0 Å². The Kier molecular flexibility index (Phi) is 8.16. The molecule has 6 nitrogen and oxygen atoms in total. The van der Waals surface area contributed by atoms with Crippen LogP contribution in [0.5, 0.6) is 5.75 Å². The van der Waals surface area contributed by atoms with Crippen LogP contribution in [0.1, 0.15) is 21.5 Å². The van der Waals surface area contributed by atoms with E-state index in [-0.39, 0.29) is 5.91 Å². The quantitative estimate of drug-likeness (QED) is 0.330. The van der Waals surface area contributed by atoms with Crippen molar-refractivity contribution in [2.75, 3.05) is 32.8 Å². The number of aromatic nitrogens is 1. The maximum Gasteiger partial charge on any atom is 0.254 e. The monoisotopic (exact) mass is 519 g/mol. The Morgan fingerprint density at radius 1 is 0.941 bits per heavy atom. The van der Waals surface area contributed by atoms with E-state index < -0.39 is 0 Å². The molecule has 2 aromatic carbocycles. The summed E-state index contributed by atoms with van der Waals surface area (Å²) >= 11 is 18.5. The topological polar surface area (TPSA) is 59.7 Å². The molecule has 0 atom stereocenters. The highest BCUT2D eigenvalue weighted by molar-refractivity contribution is 6.35. The Bertz CT molecular complexity index is 1150. The molecular formula is C25H24Cl3N3O3. The number of benzene rings is 2. The first-order chi connectivity index (χ1) is 16.4. The lowest BCUT2D eigenvalue weighted by Gasteiger charge is -2.34. The molecule has 0 radical (unpaired) electrons. The van der Waals surface area contributed by atoms with Gasteiger partial charge in [-0.25, -0.2) is 0 Å². The van der Waals surface area contributed by atoms with Crippen molar-refractivity contribution in [3.63, 3.8) is 0 Å². The average molecular weight is 521 g/mol. The maximum absolute atomic E-state index is 13.1. The van der Waals surface area contributed by atoms with Gasteiger partial charge in [-0.2, -0.15) is 4.73 Å². The number of pyridine rings is 1. The summed E-state index contributed by atoms with van der Waals surface area (Å²) < 4.78 is 6.64. The van der Waals surface area contributed by atoms with E-state index in [0.29, 0.717) is 52.5 Å². The largest absolute Gasteiger partial charge is 0.619 e. The van der Waals surface area contributed by atoms with E-state index in [1.807, 2.05) is 23.1 Å². The fraction of sp³-hybridized carbons (Fsp3) is 0.280. The number of amides is 1. The van der Waals surface area contributed by atoms with Gasteiger partial charge in [0, 0.05) is 66.9 Å². The van der Waals surface area contributed by atoms with Gasteiger partial charge in [0.2, 0.25) is 0 Å². The fourth-order valence-corrected chi connectivity index (χ4v) is 4.52. The summed E-state index contributed by atoms with van der Waals surface area (Å²) in [5, 5.41) is 12.8. The SMILES string of the molecule is O=C(c1ccc(Cl)c(OCCc2ccc(Cl)cc2Cl)c1)N1CCN(Cc2cc[n+]([O-])cc2)CC1. The molecule has 178 valence electrons. The molecule has 1 aromatic heterocycles. The van der Waals surface area contributed by atoms with E-state index in [4.69, 9.17) is 39.5 Å². The van der Waals surface area contributed by atoms with Gasteiger partial charge in [0.05, 0.1) is 11.6 Å². The van der Waals surface area contributed by atoms with E-state index in [9.17, 15) is 10.0 Å². The summed E-state index contributed by atoms with van der Waals surface area (Å²) in [5.74, 6) is 0.421. The second-order valence-corrected chi connectivity index (χ2v) is 9.36. The van der Waals surface area contributed by atoms with E-state index in [1.165, 1.54) is 12.4 Å². The third kappa shape index (κ3) is 6.33. The van der Waals surface area contributed by atoms with Crippen LogP contribution in [0.4, 0.5) is 0 Å². The van der Waals surface area contributed by atoms with Crippen LogP contribution in [-0.2, 0) is 13.0 Å². The molecule has 3 aromatic rings. The van der Waals surface area contributed by atoms with Crippen molar-refractivity contribution in [1.82, 2.24) is 9.80 Å². The molecule has 1 aliphatic rings. The van der Waals surface area contributed by atoms with Crippen LogP contribution in [0.3, 0.4) is 0 Å². The number of hydrogen-bond acceptors (Lipinski definition) is 4. The molecule has 34 heavy (non-hydrogen) atoms. The average Bonchev–Trinajstić information content (AvgIpc) is 2.83. The van der Waals surface area contributed by atoms with Crippen molar-refractivity contribution in [2.45, 2.75) is 13.0 Å². The Morgan fingerprint density at radius 2 is 1.68 bits per heavy atom. The summed E-state index contributed by atoms with van der Waals surface area (Å²) in [6.07, 6.45) is 3.58. The van der Waals surface area contributed by atoms with Gasteiger partial charge in [-0.15, -0.1) is 0 Å². The lowest BCUT2D eigenvalue weighted by molar-refractivity contribution is -0.605. The molecular weight excluding hydrogens is 497 g/mol. The van der Waals surface area contributed by atoms with Gasteiger partial charge in [-0.3, -0.25) is 9.69 Å². The number of carbonyl (C=O) groups excluding carboxylic acids is 1. The normalized spacial score (nSPS) is 14.3. The highest BCUT2D eigenvalue weighted by atomic mass is 35.5. The van der Waals surface area contributed by atoms with Crippen molar-refractivity contribution in [3.8, 4) is 5.75 Å². The van der Waals surface area contributed by atoms with Crippen molar-refractivity contribution < 1.29 is 14.3 Å². The highest BCUT2D eigenvalue weighted by Gasteiger charge is 2.23. The van der Waals surface area contributed by atoms with Crippen LogP contribution < -0.4 is 9.47 Å². The van der Waals surface area contributed by atoms with Gasteiger partial charge in [0.1, 0.15) is 5.75 Å². The number of hydrogen-bond donors (Lipinski definition) is 0. The number of nitrogens with zero attached hydrogens (tertiary/aromatic N) is 3. The van der Waals surface area contributed by atoms with Crippen LogP contribution in [0.25, 0.3) is 0 Å². The molecule has 0 aliphatic carbocycles. The number of rotatable bonds is 7. The predicted molar refractivity (Wildman–Crippen MR) is 134 cm³/mol. The first-order valence-electron chi connectivity index (χ1n) is 10.9. The van der Waals surface area contributed by atoms with Crippen LogP contribution in [0.2, 0.25) is 15.1 Å². The maximum atomic E-state index is 13.1. The van der Waals surface area contributed by atoms with Crippen LogP contribution >= 0.6 is 34.8 Å². The lowest BCUT2D eigenvalue weighted by Crippen LogP contribution is -2.48. The molecule has 0 unspecified atom stereocenters. The van der Waals surface area contributed by atoms with E-state index >= 15 is 0 Å². The zero-order chi connectivity index (χ0) is 24.1. The molecule has 4 rings (SSSR count). The second kappa shape index (κ2) is 11.3. The zero-order valence-electron chi connectivity index (χ0n) is 18.4. The summed E-state index contributed by atoms with van der Waals surface area (Å²) in [5.41, 5.74) is 2.54. The third-order valence-corrected chi connectivity index (χ3v) is 6.66. The second-order valence-electron chi connectivity index (χ2n) is 8.11. The molecule has 0 N–H and O–H groups in total. The van der Waals surface area contributed by atoms with Crippen LogP contribution in [0, 0.1) is 5.21 Å². The van der Waals surface area contributed by atoms with Gasteiger partial charge < -0.3 is 14.8 Å². The number of halogens is 3. The summed E-state index contributed by atoms with van der Waals surface area (Å²) in [7, 11) is 0. The Hall–Kier alpha value is -2.51. The van der Waals surface area contributed by atoms with Crippen molar-refractivity contribution >= 4 is 40.7 Å². The van der Waals surface area contributed by atoms with Crippen LogP contribution in [-0.4, -0.2) is 48.5 Å². The molecule has 1 fully saturated rings. The Balaban J connectivity index is 1.32. The van der Waals surface area contributed by atoms with Gasteiger partial charge in [-0.05, 0) is 41.5 Å². The van der Waals surface area contributed by atoms with Crippen molar-refractivity contribution in [3.05, 3.63) is 97.9 Å². The van der Waals surface area contributed by atoms with Gasteiger partial charge in [0.15, 0.2) is 12.4 Å². The van der Waals surface area contributed by atoms with Crippen molar-refractivity contribution in [2.24, 2.45) is 0 Å². The van der Waals surface area contributed by atoms with E-state index in [2.05, 4.69) is 4.90 Å². The fourth-order valence-electron chi connectivity index (χ4n) is 3.84. The smallest absolute Gasteiger partial charge is 0.254 e. The minimum Gasteiger partial charge on any atom is -0.619 e. The Labute approximate surface area is 213 Å². The molecule has 2 heterocycles. The van der Waals surface area contributed by atoms with Crippen LogP contribution in [0.15, 0.2) is 60.9 Å². The molecule has 0 bridgehead atoms. The van der Waals surface area contributed by atoms with E-state index in [1.54, 1.807) is 30.3 Å². The highest BCUT2D eigenvalue weighted by Crippen LogP contribution is 2.27. The molecule has 0 saturated carbocycles. The third-order valence-electron chi connectivity index (χ3n) is 5.76. The lowest BCUT2D eigenvalue weighted by atomic mass is 10.1. The molecule has 1 amide bonds. The zero-order valence-corrected chi connectivity index (χ0v) is 20.7.